The van der Waals surface area contributed by atoms with Gasteiger partial charge in [-0.1, -0.05) is 13.0 Å². The third-order valence-electron chi connectivity index (χ3n) is 1.88. The predicted octanol–water partition coefficient (Wildman–Crippen LogP) is 1.18. The van der Waals surface area contributed by atoms with E-state index in [1.54, 1.807) is 6.08 Å². The summed E-state index contributed by atoms with van der Waals surface area (Å²) in [4.78, 5) is 20.3. The number of hydrogen-bond donors (Lipinski definition) is 0. The van der Waals surface area contributed by atoms with Gasteiger partial charge >= 0.3 is 5.97 Å². The summed E-state index contributed by atoms with van der Waals surface area (Å²) >= 11 is 0. The van der Waals surface area contributed by atoms with Gasteiger partial charge in [0.15, 0.2) is 0 Å². The van der Waals surface area contributed by atoms with E-state index in [4.69, 9.17) is 4.89 Å². The first-order valence-corrected chi connectivity index (χ1v) is 4.03. The molecule has 2 atom stereocenters. The number of methoxy groups -OCH3 is 1. The lowest BCUT2D eigenvalue weighted by Gasteiger charge is -2.17. The van der Waals surface area contributed by atoms with E-state index in [-0.39, 0.29) is 24.4 Å². The number of esters is 1. The zero-order chi connectivity index (χ0) is 10.3. The molecule has 0 N–H and O–H groups in total. The lowest BCUT2D eigenvalue weighted by Crippen LogP contribution is -2.26. The van der Waals surface area contributed by atoms with Crippen molar-refractivity contribution in [2.75, 3.05) is 20.8 Å². The van der Waals surface area contributed by atoms with Gasteiger partial charge in [0, 0.05) is 0 Å². The first kappa shape index (κ1) is 12.1. The van der Waals surface area contributed by atoms with Crippen molar-refractivity contribution in [2.24, 2.45) is 11.8 Å². The Labute approximate surface area is 78.4 Å². The van der Waals surface area contributed by atoms with E-state index in [1.165, 1.54) is 14.2 Å². The van der Waals surface area contributed by atoms with Gasteiger partial charge in [0.05, 0.1) is 26.7 Å². The Morgan fingerprint density at radius 2 is 2.15 bits per heavy atom. The van der Waals surface area contributed by atoms with Crippen molar-refractivity contribution in [2.45, 2.75) is 6.92 Å². The first-order valence-electron chi connectivity index (χ1n) is 4.03. The molecule has 0 radical (unpaired) electrons. The molecule has 0 aliphatic rings. The molecule has 0 spiro atoms. The van der Waals surface area contributed by atoms with Crippen LogP contribution in [0.5, 0.6) is 0 Å². The van der Waals surface area contributed by atoms with Crippen LogP contribution in [0.2, 0.25) is 0 Å². The van der Waals surface area contributed by atoms with Crippen LogP contribution >= 0.6 is 0 Å². The van der Waals surface area contributed by atoms with E-state index in [9.17, 15) is 4.79 Å². The fourth-order valence-corrected chi connectivity index (χ4v) is 0.891. The van der Waals surface area contributed by atoms with Crippen LogP contribution in [0.25, 0.3) is 0 Å². The van der Waals surface area contributed by atoms with Gasteiger partial charge in [0.1, 0.15) is 0 Å². The highest BCUT2D eigenvalue weighted by Crippen LogP contribution is 2.14. The first-order chi connectivity index (χ1) is 6.17. The molecule has 0 fully saturated rings. The van der Waals surface area contributed by atoms with Gasteiger partial charge in [0.2, 0.25) is 0 Å². The van der Waals surface area contributed by atoms with Gasteiger partial charge in [-0.15, -0.1) is 6.58 Å². The van der Waals surface area contributed by atoms with Crippen LogP contribution in [-0.2, 0) is 19.3 Å². The molecule has 4 nitrogen and oxygen atoms in total. The fraction of sp³-hybridized carbons (Fsp3) is 0.667. The molecule has 0 aliphatic heterocycles. The second-order valence-corrected chi connectivity index (χ2v) is 2.68. The third-order valence-corrected chi connectivity index (χ3v) is 1.88. The number of carbonyl (C=O) groups is 1. The van der Waals surface area contributed by atoms with E-state index in [0.29, 0.717) is 0 Å². The molecule has 0 bridgehead atoms. The number of hydrogen-bond acceptors (Lipinski definition) is 4. The molecular weight excluding hydrogens is 172 g/mol. The van der Waals surface area contributed by atoms with Crippen molar-refractivity contribution in [1.82, 2.24) is 0 Å². The Morgan fingerprint density at radius 1 is 1.54 bits per heavy atom. The SMILES string of the molecule is C=C[C@H](C)C(COOC)C(=O)OC. The van der Waals surface area contributed by atoms with Crippen LogP contribution in [0.4, 0.5) is 0 Å². The molecule has 1 unspecified atom stereocenters. The van der Waals surface area contributed by atoms with E-state index in [1.807, 2.05) is 6.92 Å². The lowest BCUT2D eigenvalue weighted by atomic mass is 9.95. The zero-order valence-electron chi connectivity index (χ0n) is 8.28. The molecule has 0 saturated carbocycles. The quantitative estimate of drug-likeness (QED) is 0.272. The molecule has 0 aromatic carbocycles. The molecule has 0 rings (SSSR count). The highest BCUT2D eigenvalue weighted by atomic mass is 17.2. The van der Waals surface area contributed by atoms with Crippen molar-refractivity contribution in [3.8, 4) is 0 Å². The fourth-order valence-electron chi connectivity index (χ4n) is 0.891. The summed E-state index contributed by atoms with van der Waals surface area (Å²) in [6.45, 7) is 5.65. The maximum atomic E-state index is 11.2. The van der Waals surface area contributed by atoms with Crippen molar-refractivity contribution >= 4 is 5.97 Å². The zero-order valence-corrected chi connectivity index (χ0v) is 8.28. The van der Waals surface area contributed by atoms with Crippen LogP contribution in [0.15, 0.2) is 12.7 Å². The normalized spacial score (nSPS) is 14.7. The molecule has 0 heterocycles. The van der Waals surface area contributed by atoms with Gasteiger partial charge in [-0.25, -0.2) is 9.78 Å². The van der Waals surface area contributed by atoms with Crippen LogP contribution in [0.3, 0.4) is 0 Å². The van der Waals surface area contributed by atoms with Crippen molar-refractivity contribution in [3.05, 3.63) is 12.7 Å². The monoisotopic (exact) mass is 188 g/mol. The van der Waals surface area contributed by atoms with Gasteiger partial charge in [-0.2, -0.15) is 0 Å². The van der Waals surface area contributed by atoms with E-state index in [2.05, 4.69) is 16.2 Å². The second kappa shape index (κ2) is 6.62. The molecule has 13 heavy (non-hydrogen) atoms. The highest BCUT2D eigenvalue weighted by molar-refractivity contribution is 5.73. The van der Waals surface area contributed by atoms with Crippen LogP contribution in [0, 0.1) is 11.8 Å². The van der Waals surface area contributed by atoms with Crippen molar-refractivity contribution in [1.29, 1.82) is 0 Å². The maximum Gasteiger partial charge on any atom is 0.311 e. The summed E-state index contributed by atoms with van der Waals surface area (Å²) < 4.78 is 4.61. The summed E-state index contributed by atoms with van der Waals surface area (Å²) in [6, 6.07) is 0. The Balaban J connectivity index is 4.17. The lowest BCUT2D eigenvalue weighted by molar-refractivity contribution is -0.281. The average Bonchev–Trinajstić information content (AvgIpc) is 2.17. The molecule has 0 amide bonds. The number of rotatable bonds is 6. The number of allylic oxidation sites excluding steroid dienone is 1. The molecular formula is C9H16O4. The summed E-state index contributed by atoms with van der Waals surface area (Å²) in [7, 11) is 2.74. The minimum atomic E-state index is -0.359. The summed E-state index contributed by atoms with van der Waals surface area (Å²) in [5, 5.41) is 0. The largest absolute Gasteiger partial charge is 0.469 e. The predicted molar refractivity (Wildman–Crippen MR) is 47.8 cm³/mol. The van der Waals surface area contributed by atoms with Crippen LogP contribution < -0.4 is 0 Å². The molecule has 76 valence electrons. The molecule has 0 aromatic rings. The smallest absolute Gasteiger partial charge is 0.311 e. The van der Waals surface area contributed by atoms with Crippen molar-refractivity contribution < 1.29 is 19.3 Å². The average molecular weight is 188 g/mol. The summed E-state index contributed by atoms with van der Waals surface area (Å²) in [5.74, 6) is -0.672. The molecule has 0 saturated heterocycles. The Hall–Kier alpha value is -0.870. The van der Waals surface area contributed by atoms with Crippen LogP contribution in [-0.4, -0.2) is 26.8 Å². The summed E-state index contributed by atoms with van der Waals surface area (Å²) in [6.07, 6.45) is 1.68. The Bertz CT molecular complexity index is 167. The van der Waals surface area contributed by atoms with E-state index >= 15 is 0 Å². The van der Waals surface area contributed by atoms with Gasteiger partial charge in [-0.3, -0.25) is 4.79 Å². The Morgan fingerprint density at radius 3 is 2.54 bits per heavy atom. The number of ether oxygens (including phenoxy) is 1. The second-order valence-electron chi connectivity index (χ2n) is 2.68. The Kier molecular flexibility index (Phi) is 6.18. The topological polar surface area (TPSA) is 44.8 Å². The van der Waals surface area contributed by atoms with Crippen LogP contribution in [0.1, 0.15) is 6.92 Å². The van der Waals surface area contributed by atoms with E-state index in [0.717, 1.165) is 0 Å². The maximum absolute atomic E-state index is 11.2. The summed E-state index contributed by atoms with van der Waals surface area (Å²) in [5.41, 5.74) is 0. The molecule has 0 aromatic heterocycles. The highest BCUT2D eigenvalue weighted by Gasteiger charge is 2.24. The number of carbonyl (C=O) groups excluding carboxylic acids is 1. The third kappa shape index (κ3) is 4.05. The minimum Gasteiger partial charge on any atom is -0.469 e. The molecule has 4 heteroatoms. The standard InChI is InChI=1S/C9H16O4/c1-5-7(2)8(6-13-12-4)9(10)11-3/h5,7-8H,1,6H2,2-4H3/t7-,8?/m0/s1. The van der Waals surface area contributed by atoms with Gasteiger partial charge in [-0.05, 0) is 5.92 Å². The molecule has 0 aliphatic carbocycles. The van der Waals surface area contributed by atoms with E-state index < -0.39 is 0 Å². The minimum absolute atomic E-state index is 0.00241. The van der Waals surface area contributed by atoms with Gasteiger partial charge in [0.25, 0.3) is 0 Å². The van der Waals surface area contributed by atoms with Gasteiger partial charge < -0.3 is 4.74 Å². The van der Waals surface area contributed by atoms with Crippen molar-refractivity contribution in [3.63, 3.8) is 0 Å².